The molecular weight excluding hydrogens is 187 g/mol. The van der Waals surface area contributed by atoms with Crippen LogP contribution in [0.2, 0.25) is 0 Å². The van der Waals surface area contributed by atoms with Crippen molar-refractivity contribution in [2.24, 2.45) is 0 Å². The van der Waals surface area contributed by atoms with E-state index in [2.05, 4.69) is 11.8 Å². The van der Waals surface area contributed by atoms with Gasteiger partial charge in [0.1, 0.15) is 5.82 Å². The summed E-state index contributed by atoms with van der Waals surface area (Å²) in [4.78, 5) is 0. The summed E-state index contributed by atoms with van der Waals surface area (Å²) < 4.78 is 12.5. The van der Waals surface area contributed by atoms with Gasteiger partial charge in [-0.3, -0.25) is 0 Å². The van der Waals surface area contributed by atoms with Crippen LogP contribution in [0.15, 0.2) is 24.3 Å². The Morgan fingerprint density at radius 1 is 1.23 bits per heavy atom. The minimum atomic E-state index is -0.230. The number of rotatable bonds is 2. The second-order valence-electron chi connectivity index (χ2n) is 2.60. The predicted octanol–water partition coefficient (Wildman–Crippen LogP) is 3.20. The monoisotopic (exact) mass is 196 g/mol. The van der Waals surface area contributed by atoms with Crippen LogP contribution in [-0.2, 0) is 0 Å². The molecule has 0 aliphatic heterocycles. The van der Waals surface area contributed by atoms with E-state index in [-0.39, 0.29) is 5.82 Å². The highest BCUT2D eigenvalue weighted by molar-refractivity contribution is 6.17. The number of unbranched alkanes of at least 4 members (excludes halogenated alkanes) is 1. The summed E-state index contributed by atoms with van der Waals surface area (Å²) in [6.45, 7) is 0. The summed E-state index contributed by atoms with van der Waals surface area (Å²) in [6.07, 6.45) is 1.69. The molecule has 0 heterocycles. The number of hydrogen-bond donors (Lipinski definition) is 0. The van der Waals surface area contributed by atoms with E-state index in [1.165, 1.54) is 12.1 Å². The van der Waals surface area contributed by atoms with Crippen molar-refractivity contribution in [2.45, 2.75) is 12.8 Å². The van der Waals surface area contributed by atoms with Gasteiger partial charge in [0, 0.05) is 17.9 Å². The Balaban J connectivity index is 2.52. The Hall–Kier alpha value is -1.00. The van der Waals surface area contributed by atoms with Crippen molar-refractivity contribution in [1.29, 1.82) is 0 Å². The third kappa shape index (κ3) is 3.96. The van der Waals surface area contributed by atoms with Gasteiger partial charge in [0.05, 0.1) is 0 Å². The lowest BCUT2D eigenvalue weighted by atomic mass is 10.2. The third-order valence-corrected chi connectivity index (χ3v) is 1.78. The molecule has 0 amide bonds. The first kappa shape index (κ1) is 10.1. The van der Waals surface area contributed by atoms with Crippen molar-refractivity contribution < 1.29 is 4.39 Å². The largest absolute Gasteiger partial charge is 0.207 e. The van der Waals surface area contributed by atoms with E-state index in [1.54, 1.807) is 12.1 Å². The van der Waals surface area contributed by atoms with E-state index < -0.39 is 0 Å². The quantitative estimate of drug-likeness (QED) is 0.387. The molecule has 0 aliphatic rings. The molecule has 0 saturated heterocycles. The summed E-state index contributed by atoms with van der Waals surface area (Å²) in [6, 6.07) is 6.16. The van der Waals surface area contributed by atoms with E-state index in [0.717, 1.165) is 18.4 Å². The molecule has 0 aliphatic carbocycles. The molecular formula is C11H10ClF. The zero-order valence-electron chi connectivity index (χ0n) is 7.19. The first-order valence-corrected chi connectivity index (χ1v) is 4.67. The fourth-order valence-corrected chi connectivity index (χ4v) is 0.987. The second kappa shape index (κ2) is 5.61. The molecule has 68 valence electrons. The van der Waals surface area contributed by atoms with Crippen molar-refractivity contribution in [1.82, 2.24) is 0 Å². The zero-order valence-corrected chi connectivity index (χ0v) is 7.94. The number of hydrogen-bond acceptors (Lipinski definition) is 0. The molecule has 0 atom stereocenters. The summed E-state index contributed by atoms with van der Waals surface area (Å²) in [5.74, 6) is 6.30. The van der Waals surface area contributed by atoms with Crippen molar-refractivity contribution in [3.8, 4) is 11.8 Å². The Morgan fingerprint density at radius 2 is 1.92 bits per heavy atom. The first-order chi connectivity index (χ1) is 6.33. The van der Waals surface area contributed by atoms with Gasteiger partial charge in [0.2, 0.25) is 0 Å². The van der Waals surface area contributed by atoms with Crippen LogP contribution < -0.4 is 0 Å². The number of benzene rings is 1. The molecule has 1 rings (SSSR count). The fourth-order valence-electron chi connectivity index (χ4n) is 0.853. The van der Waals surface area contributed by atoms with Crippen LogP contribution in [0.25, 0.3) is 0 Å². The maximum atomic E-state index is 12.5. The van der Waals surface area contributed by atoms with Gasteiger partial charge >= 0.3 is 0 Å². The van der Waals surface area contributed by atoms with E-state index in [9.17, 15) is 4.39 Å². The van der Waals surface area contributed by atoms with E-state index >= 15 is 0 Å². The molecule has 0 spiro atoms. The van der Waals surface area contributed by atoms with Crippen molar-refractivity contribution in [3.63, 3.8) is 0 Å². The molecule has 2 heteroatoms. The smallest absolute Gasteiger partial charge is 0.123 e. The topological polar surface area (TPSA) is 0 Å². The summed E-state index contributed by atoms with van der Waals surface area (Å²) in [7, 11) is 0. The fraction of sp³-hybridized carbons (Fsp3) is 0.273. The average Bonchev–Trinajstić information content (AvgIpc) is 2.15. The number of halogens is 2. The Morgan fingerprint density at radius 3 is 2.54 bits per heavy atom. The first-order valence-electron chi connectivity index (χ1n) is 4.13. The van der Waals surface area contributed by atoms with E-state index in [4.69, 9.17) is 11.6 Å². The van der Waals surface area contributed by atoms with Crippen molar-refractivity contribution in [3.05, 3.63) is 35.6 Å². The van der Waals surface area contributed by atoms with Crippen LogP contribution in [0, 0.1) is 17.7 Å². The highest BCUT2D eigenvalue weighted by Gasteiger charge is 1.87. The zero-order chi connectivity index (χ0) is 9.52. The molecule has 1 aromatic rings. The van der Waals surface area contributed by atoms with Crippen molar-refractivity contribution >= 4 is 11.6 Å². The Labute approximate surface area is 82.7 Å². The number of alkyl halides is 1. The molecule has 0 N–H and O–H groups in total. The second-order valence-corrected chi connectivity index (χ2v) is 2.98. The van der Waals surface area contributed by atoms with Crippen LogP contribution in [0.1, 0.15) is 18.4 Å². The van der Waals surface area contributed by atoms with E-state index in [1.807, 2.05) is 0 Å². The van der Waals surface area contributed by atoms with Crippen LogP contribution >= 0.6 is 11.6 Å². The van der Waals surface area contributed by atoms with E-state index in [0.29, 0.717) is 5.88 Å². The van der Waals surface area contributed by atoms with Gasteiger partial charge in [-0.05, 0) is 30.7 Å². The summed E-state index contributed by atoms with van der Waals surface area (Å²) in [5, 5.41) is 0. The summed E-state index contributed by atoms with van der Waals surface area (Å²) >= 11 is 5.49. The van der Waals surface area contributed by atoms with Crippen molar-refractivity contribution in [2.75, 3.05) is 5.88 Å². The molecule has 0 saturated carbocycles. The molecule has 0 aromatic heterocycles. The Bertz CT molecular complexity index is 305. The van der Waals surface area contributed by atoms with Crippen LogP contribution in [0.3, 0.4) is 0 Å². The van der Waals surface area contributed by atoms with Crippen LogP contribution in [-0.4, -0.2) is 5.88 Å². The molecule has 1 aromatic carbocycles. The standard InChI is InChI=1S/C11H10ClF/c12-9-3-1-2-4-10-5-7-11(13)8-6-10/h5-8H,1,3,9H2. The van der Waals surface area contributed by atoms with Gasteiger partial charge in [-0.25, -0.2) is 4.39 Å². The molecule has 0 unspecified atom stereocenters. The SMILES string of the molecule is Fc1ccc(C#CCCCCl)cc1. The van der Waals surface area contributed by atoms with Gasteiger partial charge in [-0.1, -0.05) is 11.8 Å². The Kier molecular flexibility index (Phi) is 4.35. The van der Waals surface area contributed by atoms with Crippen LogP contribution in [0.4, 0.5) is 4.39 Å². The minimum absolute atomic E-state index is 0.230. The van der Waals surface area contributed by atoms with Gasteiger partial charge in [0.25, 0.3) is 0 Å². The predicted molar refractivity (Wildman–Crippen MR) is 53.2 cm³/mol. The summed E-state index contributed by atoms with van der Waals surface area (Å²) in [5.41, 5.74) is 0.843. The lowest BCUT2D eigenvalue weighted by Crippen LogP contribution is -1.76. The minimum Gasteiger partial charge on any atom is -0.207 e. The van der Waals surface area contributed by atoms with Gasteiger partial charge in [0.15, 0.2) is 0 Å². The molecule has 13 heavy (non-hydrogen) atoms. The molecule has 0 radical (unpaired) electrons. The molecule has 0 nitrogen and oxygen atoms in total. The maximum absolute atomic E-state index is 12.5. The average molecular weight is 197 g/mol. The highest BCUT2D eigenvalue weighted by Crippen LogP contribution is 2.00. The van der Waals surface area contributed by atoms with Gasteiger partial charge in [-0.15, -0.1) is 11.6 Å². The third-order valence-electron chi connectivity index (χ3n) is 1.51. The van der Waals surface area contributed by atoms with Crippen LogP contribution in [0.5, 0.6) is 0 Å². The lowest BCUT2D eigenvalue weighted by Gasteiger charge is -1.89. The lowest BCUT2D eigenvalue weighted by molar-refractivity contribution is 0.627. The highest BCUT2D eigenvalue weighted by atomic mass is 35.5. The van der Waals surface area contributed by atoms with Gasteiger partial charge < -0.3 is 0 Å². The maximum Gasteiger partial charge on any atom is 0.123 e. The molecule has 0 bridgehead atoms. The normalized spacial score (nSPS) is 9.08. The van der Waals surface area contributed by atoms with Gasteiger partial charge in [-0.2, -0.15) is 0 Å². The molecule has 0 fully saturated rings.